The van der Waals surface area contributed by atoms with Gasteiger partial charge in [-0.05, 0) is 49.2 Å². The number of amides is 1. The number of hydrogen-bond donors (Lipinski definition) is 0. The molecule has 6 nitrogen and oxygen atoms in total. The monoisotopic (exact) mass is 352 g/mol. The topological polar surface area (TPSA) is 68.1 Å². The first kappa shape index (κ1) is 16.4. The third kappa shape index (κ3) is 2.96. The number of carbonyl (C=O) groups is 2. The van der Waals surface area contributed by atoms with E-state index in [0.29, 0.717) is 42.5 Å². The summed E-state index contributed by atoms with van der Waals surface area (Å²) in [4.78, 5) is 27.0. The van der Waals surface area contributed by atoms with Crippen molar-refractivity contribution in [1.29, 1.82) is 0 Å². The Kier molecular flexibility index (Phi) is 4.20. The molecule has 1 amide bonds. The van der Waals surface area contributed by atoms with Crippen molar-refractivity contribution in [2.24, 2.45) is 5.92 Å². The van der Waals surface area contributed by atoms with Crippen LogP contribution in [0.5, 0.6) is 0 Å². The van der Waals surface area contributed by atoms with Gasteiger partial charge in [-0.15, -0.1) is 5.10 Å². The Morgan fingerprint density at radius 2 is 1.69 bits per heavy atom. The number of hydrogen-bond acceptors (Lipinski definition) is 4. The lowest BCUT2D eigenvalue weighted by molar-refractivity contribution is 0.0615. The summed E-state index contributed by atoms with van der Waals surface area (Å²) >= 11 is 0. The standard InChI is InChI=1S/C19H17FN4O2/c20-15-7-5-13(6-8-15)18(25)23-11-9-14(10-12-23)19(26)24-17-4-2-1-3-16(17)21-22-24/h1-8,14H,9-12H2. The van der Waals surface area contributed by atoms with Crippen LogP contribution < -0.4 is 0 Å². The van der Waals surface area contributed by atoms with E-state index < -0.39 is 0 Å². The molecule has 0 N–H and O–H groups in total. The summed E-state index contributed by atoms with van der Waals surface area (Å²) in [5, 5.41) is 8.00. The number of para-hydroxylation sites is 1. The lowest BCUT2D eigenvalue weighted by Gasteiger charge is -2.31. The number of likely N-dealkylation sites (tertiary alicyclic amines) is 1. The van der Waals surface area contributed by atoms with Gasteiger partial charge in [0.1, 0.15) is 11.3 Å². The Balaban J connectivity index is 1.44. The lowest BCUT2D eigenvalue weighted by Crippen LogP contribution is -2.41. The Labute approximate surface area is 149 Å². The third-order valence-electron chi connectivity index (χ3n) is 4.78. The maximum absolute atomic E-state index is 13.0. The van der Waals surface area contributed by atoms with E-state index in [4.69, 9.17) is 0 Å². The van der Waals surface area contributed by atoms with Crippen molar-refractivity contribution in [1.82, 2.24) is 19.9 Å². The van der Waals surface area contributed by atoms with Crippen LogP contribution >= 0.6 is 0 Å². The number of nitrogens with zero attached hydrogens (tertiary/aromatic N) is 4. The number of aromatic nitrogens is 3. The Hall–Kier alpha value is -3.09. The normalized spacial score (nSPS) is 15.3. The highest BCUT2D eigenvalue weighted by Crippen LogP contribution is 2.22. The van der Waals surface area contributed by atoms with Crippen molar-refractivity contribution in [3.05, 3.63) is 59.9 Å². The minimum Gasteiger partial charge on any atom is -0.339 e. The van der Waals surface area contributed by atoms with Crippen LogP contribution in [0.15, 0.2) is 48.5 Å². The molecule has 4 rings (SSSR count). The van der Waals surface area contributed by atoms with Gasteiger partial charge >= 0.3 is 0 Å². The first-order valence-electron chi connectivity index (χ1n) is 8.53. The predicted molar refractivity (Wildman–Crippen MR) is 93.2 cm³/mol. The Bertz CT molecular complexity index is 959. The molecule has 1 aromatic heterocycles. The molecule has 1 saturated heterocycles. The molecule has 3 aromatic rings. The van der Waals surface area contributed by atoms with Crippen LogP contribution in [0.1, 0.15) is 28.0 Å². The average molecular weight is 352 g/mol. The molecule has 132 valence electrons. The SMILES string of the molecule is O=C(c1ccc(F)cc1)N1CCC(C(=O)n2nnc3ccccc32)CC1. The number of rotatable bonds is 2. The first-order valence-corrected chi connectivity index (χ1v) is 8.53. The van der Waals surface area contributed by atoms with E-state index in [1.165, 1.54) is 28.9 Å². The molecule has 2 heterocycles. The van der Waals surface area contributed by atoms with Crippen LogP contribution in [0.2, 0.25) is 0 Å². The van der Waals surface area contributed by atoms with Gasteiger partial charge in [0.15, 0.2) is 0 Å². The van der Waals surface area contributed by atoms with Gasteiger partial charge in [-0.25, -0.2) is 4.39 Å². The fraction of sp³-hybridized carbons (Fsp3) is 0.263. The van der Waals surface area contributed by atoms with Crippen molar-refractivity contribution in [3.63, 3.8) is 0 Å². The van der Waals surface area contributed by atoms with Crippen molar-refractivity contribution >= 4 is 22.8 Å². The van der Waals surface area contributed by atoms with Crippen LogP contribution in [-0.4, -0.2) is 44.8 Å². The molecule has 0 atom stereocenters. The second kappa shape index (κ2) is 6.67. The highest BCUT2D eigenvalue weighted by molar-refractivity contribution is 5.94. The van der Waals surface area contributed by atoms with Crippen molar-refractivity contribution < 1.29 is 14.0 Å². The number of halogens is 1. The minimum atomic E-state index is -0.370. The quantitative estimate of drug-likeness (QED) is 0.711. The summed E-state index contributed by atoms with van der Waals surface area (Å²) < 4.78 is 14.4. The first-order chi connectivity index (χ1) is 12.6. The van der Waals surface area contributed by atoms with Crippen LogP contribution in [0, 0.1) is 11.7 Å². The van der Waals surface area contributed by atoms with Gasteiger partial charge < -0.3 is 4.90 Å². The number of benzene rings is 2. The molecule has 0 aliphatic carbocycles. The fourth-order valence-electron chi connectivity index (χ4n) is 3.31. The van der Waals surface area contributed by atoms with E-state index >= 15 is 0 Å². The lowest BCUT2D eigenvalue weighted by atomic mass is 9.95. The third-order valence-corrected chi connectivity index (χ3v) is 4.78. The number of piperidine rings is 1. The summed E-state index contributed by atoms with van der Waals surface area (Å²) in [6.07, 6.45) is 1.14. The van der Waals surface area contributed by atoms with E-state index in [-0.39, 0.29) is 23.5 Å². The number of fused-ring (bicyclic) bond motifs is 1. The van der Waals surface area contributed by atoms with Crippen molar-refractivity contribution in [2.45, 2.75) is 12.8 Å². The van der Waals surface area contributed by atoms with Crippen molar-refractivity contribution in [2.75, 3.05) is 13.1 Å². The van der Waals surface area contributed by atoms with Gasteiger partial charge in [0.05, 0.1) is 5.52 Å². The highest BCUT2D eigenvalue weighted by Gasteiger charge is 2.29. The fourth-order valence-corrected chi connectivity index (χ4v) is 3.31. The molecule has 0 radical (unpaired) electrons. The molecule has 0 spiro atoms. The molecule has 0 unspecified atom stereocenters. The van der Waals surface area contributed by atoms with E-state index in [1.807, 2.05) is 24.3 Å². The summed E-state index contributed by atoms with van der Waals surface area (Å²) in [5.41, 5.74) is 1.84. The van der Waals surface area contributed by atoms with Crippen LogP contribution in [0.4, 0.5) is 4.39 Å². The zero-order valence-electron chi connectivity index (χ0n) is 14.0. The highest BCUT2D eigenvalue weighted by atomic mass is 19.1. The number of carbonyl (C=O) groups excluding carboxylic acids is 2. The molecule has 1 aliphatic rings. The van der Waals surface area contributed by atoms with Gasteiger partial charge in [0, 0.05) is 24.6 Å². The maximum atomic E-state index is 13.0. The smallest absolute Gasteiger partial charge is 0.253 e. The summed E-state index contributed by atoms with van der Waals surface area (Å²) in [5.74, 6) is -0.794. The Morgan fingerprint density at radius 1 is 1.00 bits per heavy atom. The molecular formula is C19H17FN4O2. The summed E-state index contributed by atoms with van der Waals surface area (Å²) in [7, 11) is 0. The van der Waals surface area contributed by atoms with Crippen LogP contribution in [0.25, 0.3) is 11.0 Å². The zero-order valence-corrected chi connectivity index (χ0v) is 14.0. The van der Waals surface area contributed by atoms with Gasteiger partial charge in [-0.2, -0.15) is 4.68 Å². The summed E-state index contributed by atoms with van der Waals surface area (Å²) in [6, 6.07) is 12.9. The summed E-state index contributed by atoms with van der Waals surface area (Å²) in [6.45, 7) is 0.971. The molecule has 1 fully saturated rings. The molecule has 26 heavy (non-hydrogen) atoms. The van der Waals surface area contributed by atoms with Gasteiger partial charge in [-0.3, -0.25) is 9.59 Å². The minimum absolute atomic E-state index is 0.0902. The molecular weight excluding hydrogens is 335 g/mol. The molecule has 7 heteroatoms. The van der Waals surface area contributed by atoms with Gasteiger partial charge in [-0.1, -0.05) is 17.3 Å². The maximum Gasteiger partial charge on any atom is 0.253 e. The molecule has 2 aromatic carbocycles. The van der Waals surface area contributed by atoms with Gasteiger partial charge in [0.2, 0.25) is 0 Å². The van der Waals surface area contributed by atoms with Crippen LogP contribution in [0.3, 0.4) is 0 Å². The van der Waals surface area contributed by atoms with Gasteiger partial charge in [0.25, 0.3) is 11.8 Å². The second-order valence-electron chi connectivity index (χ2n) is 6.40. The molecule has 0 bridgehead atoms. The van der Waals surface area contributed by atoms with Crippen molar-refractivity contribution in [3.8, 4) is 0 Å². The predicted octanol–water partition coefficient (Wildman–Crippen LogP) is 2.76. The van der Waals surface area contributed by atoms with E-state index in [1.54, 1.807) is 4.90 Å². The largest absolute Gasteiger partial charge is 0.339 e. The molecule has 1 aliphatic heterocycles. The molecule has 0 saturated carbocycles. The van der Waals surface area contributed by atoms with E-state index in [9.17, 15) is 14.0 Å². The van der Waals surface area contributed by atoms with E-state index in [2.05, 4.69) is 10.3 Å². The zero-order chi connectivity index (χ0) is 18.1. The Morgan fingerprint density at radius 3 is 2.42 bits per heavy atom. The van der Waals surface area contributed by atoms with E-state index in [0.717, 1.165) is 0 Å². The average Bonchev–Trinajstić information content (AvgIpc) is 3.12. The second-order valence-corrected chi connectivity index (χ2v) is 6.40. The van der Waals surface area contributed by atoms with Crippen LogP contribution in [-0.2, 0) is 0 Å².